The van der Waals surface area contributed by atoms with Gasteiger partial charge in [0, 0.05) is 22.3 Å². The molecule has 0 heterocycles. The molecule has 0 aliphatic heterocycles. The molecule has 28 heavy (non-hydrogen) atoms. The summed E-state index contributed by atoms with van der Waals surface area (Å²) in [6.45, 7) is 2.29. The first kappa shape index (κ1) is 20.2. The summed E-state index contributed by atoms with van der Waals surface area (Å²) in [7, 11) is -2.30. The van der Waals surface area contributed by atoms with Gasteiger partial charge in [-0.1, -0.05) is 33.6 Å². The van der Waals surface area contributed by atoms with Crippen molar-refractivity contribution in [2.75, 3.05) is 12.4 Å². The average molecular weight is 462 g/mol. The van der Waals surface area contributed by atoms with Gasteiger partial charge in [-0.3, -0.25) is 0 Å². The number of methoxy groups -OCH3 is 1. The molecule has 0 aliphatic rings. The van der Waals surface area contributed by atoms with E-state index in [1.54, 1.807) is 43.5 Å². The number of hydrogen-bond donors (Lipinski definition) is 1. The number of halogens is 1. The van der Waals surface area contributed by atoms with Gasteiger partial charge in [-0.05, 0) is 61.5 Å². The quantitative estimate of drug-likeness (QED) is 0.493. The molecule has 146 valence electrons. The van der Waals surface area contributed by atoms with Crippen LogP contribution in [0.3, 0.4) is 0 Å². The van der Waals surface area contributed by atoms with Gasteiger partial charge in [0.05, 0.1) is 7.11 Å². The first-order valence-corrected chi connectivity index (χ1v) is 10.7. The molecule has 0 radical (unpaired) electrons. The average Bonchev–Trinajstić information content (AvgIpc) is 2.68. The fraction of sp³-hybridized carbons (Fsp3) is 0.143. The van der Waals surface area contributed by atoms with Gasteiger partial charge in [-0.25, -0.2) is 0 Å². The SMILES string of the molecule is COc1ccc(NCc2cc(Br)ccc2OS(=O)(=O)c2ccc(C)cc2)cc1. The molecule has 0 spiro atoms. The molecular formula is C21H20BrNO4S. The maximum absolute atomic E-state index is 12.6. The lowest BCUT2D eigenvalue weighted by Gasteiger charge is -2.14. The van der Waals surface area contributed by atoms with Crippen LogP contribution in [0.15, 0.2) is 76.1 Å². The maximum Gasteiger partial charge on any atom is 0.339 e. The number of rotatable bonds is 7. The minimum atomic E-state index is -3.92. The molecule has 0 fully saturated rings. The highest BCUT2D eigenvalue weighted by atomic mass is 79.9. The molecule has 0 saturated heterocycles. The monoisotopic (exact) mass is 461 g/mol. The van der Waals surface area contributed by atoms with Gasteiger partial charge in [-0.15, -0.1) is 0 Å². The maximum atomic E-state index is 12.6. The van der Waals surface area contributed by atoms with E-state index in [1.807, 2.05) is 37.3 Å². The van der Waals surface area contributed by atoms with Crippen LogP contribution in [-0.2, 0) is 16.7 Å². The number of hydrogen-bond acceptors (Lipinski definition) is 5. The Kier molecular flexibility index (Phi) is 6.26. The second kappa shape index (κ2) is 8.67. The molecule has 0 aromatic heterocycles. The molecule has 3 rings (SSSR count). The summed E-state index contributed by atoms with van der Waals surface area (Å²) in [5, 5.41) is 3.26. The van der Waals surface area contributed by atoms with E-state index in [0.717, 1.165) is 21.5 Å². The van der Waals surface area contributed by atoms with E-state index >= 15 is 0 Å². The van der Waals surface area contributed by atoms with Crippen LogP contribution in [0.1, 0.15) is 11.1 Å². The molecule has 0 bridgehead atoms. The van der Waals surface area contributed by atoms with Crippen molar-refractivity contribution in [1.82, 2.24) is 0 Å². The van der Waals surface area contributed by atoms with Crippen molar-refractivity contribution in [3.8, 4) is 11.5 Å². The first-order chi connectivity index (χ1) is 13.4. The molecule has 0 saturated carbocycles. The number of benzene rings is 3. The summed E-state index contributed by atoms with van der Waals surface area (Å²) in [4.78, 5) is 0.120. The molecule has 0 unspecified atom stereocenters. The largest absolute Gasteiger partial charge is 0.497 e. The topological polar surface area (TPSA) is 64.6 Å². The number of anilines is 1. The number of aryl methyl sites for hydroxylation is 1. The van der Waals surface area contributed by atoms with Gasteiger partial charge in [0.2, 0.25) is 0 Å². The van der Waals surface area contributed by atoms with E-state index in [2.05, 4.69) is 21.2 Å². The molecular weight excluding hydrogens is 442 g/mol. The minimum Gasteiger partial charge on any atom is -0.497 e. The van der Waals surface area contributed by atoms with Gasteiger partial charge < -0.3 is 14.2 Å². The van der Waals surface area contributed by atoms with E-state index in [9.17, 15) is 8.42 Å². The lowest BCUT2D eigenvalue weighted by molar-refractivity contribution is 0.415. The molecule has 7 heteroatoms. The standard InChI is InChI=1S/C21H20BrNO4S/c1-15-3-10-20(11-4-15)28(24,25)27-21-12-5-17(22)13-16(21)14-23-18-6-8-19(26-2)9-7-18/h3-13,23H,14H2,1-2H3. The third-order valence-corrected chi connectivity index (χ3v) is 5.85. The zero-order valence-corrected chi connectivity index (χ0v) is 17.9. The normalized spacial score (nSPS) is 11.1. The Labute approximate surface area is 173 Å². The molecule has 1 N–H and O–H groups in total. The summed E-state index contributed by atoms with van der Waals surface area (Å²) in [6.07, 6.45) is 0. The van der Waals surface area contributed by atoms with Gasteiger partial charge in [0.1, 0.15) is 16.4 Å². The van der Waals surface area contributed by atoms with Gasteiger partial charge in [0.25, 0.3) is 0 Å². The Morgan fingerprint density at radius 3 is 2.29 bits per heavy atom. The van der Waals surface area contributed by atoms with Crippen LogP contribution < -0.4 is 14.2 Å². The lowest BCUT2D eigenvalue weighted by atomic mass is 10.2. The highest BCUT2D eigenvalue weighted by Crippen LogP contribution is 2.27. The summed E-state index contributed by atoms with van der Waals surface area (Å²) in [5.74, 6) is 1.05. The van der Waals surface area contributed by atoms with Crippen molar-refractivity contribution in [2.45, 2.75) is 18.4 Å². The van der Waals surface area contributed by atoms with Crippen LogP contribution in [0.25, 0.3) is 0 Å². The highest BCUT2D eigenvalue weighted by Gasteiger charge is 2.18. The Morgan fingerprint density at radius 1 is 0.964 bits per heavy atom. The van der Waals surface area contributed by atoms with Crippen molar-refractivity contribution in [3.63, 3.8) is 0 Å². The van der Waals surface area contributed by atoms with E-state index in [1.165, 1.54) is 0 Å². The van der Waals surface area contributed by atoms with Crippen LogP contribution in [0.5, 0.6) is 11.5 Å². The van der Waals surface area contributed by atoms with Crippen molar-refractivity contribution in [3.05, 3.63) is 82.3 Å². The fourth-order valence-electron chi connectivity index (χ4n) is 2.54. The Bertz CT molecular complexity index is 1050. The Morgan fingerprint density at radius 2 is 1.64 bits per heavy atom. The summed E-state index contributed by atoms with van der Waals surface area (Å²) < 4.78 is 36.7. The second-order valence-electron chi connectivity index (χ2n) is 6.18. The van der Waals surface area contributed by atoms with Crippen molar-refractivity contribution >= 4 is 31.7 Å². The number of nitrogens with one attached hydrogen (secondary N) is 1. The fourth-order valence-corrected chi connectivity index (χ4v) is 3.92. The van der Waals surface area contributed by atoms with Crippen LogP contribution in [0.2, 0.25) is 0 Å². The predicted molar refractivity (Wildman–Crippen MR) is 113 cm³/mol. The first-order valence-electron chi connectivity index (χ1n) is 8.55. The van der Waals surface area contributed by atoms with E-state index in [-0.39, 0.29) is 10.6 Å². The summed E-state index contributed by atoms with van der Waals surface area (Å²) in [5.41, 5.74) is 2.57. The molecule has 0 amide bonds. The van der Waals surface area contributed by atoms with E-state index in [4.69, 9.17) is 8.92 Å². The zero-order valence-electron chi connectivity index (χ0n) is 15.5. The van der Waals surface area contributed by atoms with Crippen LogP contribution in [0, 0.1) is 6.92 Å². The van der Waals surface area contributed by atoms with Gasteiger partial charge in [-0.2, -0.15) is 8.42 Å². The molecule has 3 aromatic carbocycles. The molecule has 3 aromatic rings. The van der Waals surface area contributed by atoms with E-state index < -0.39 is 10.1 Å². The summed E-state index contributed by atoms with van der Waals surface area (Å²) in [6, 6.07) is 19.3. The third-order valence-electron chi connectivity index (χ3n) is 4.10. The molecule has 0 aliphatic carbocycles. The van der Waals surface area contributed by atoms with Crippen LogP contribution >= 0.6 is 15.9 Å². The summed E-state index contributed by atoms with van der Waals surface area (Å²) >= 11 is 3.42. The molecule has 5 nitrogen and oxygen atoms in total. The van der Waals surface area contributed by atoms with Crippen molar-refractivity contribution in [1.29, 1.82) is 0 Å². The molecule has 0 atom stereocenters. The van der Waals surface area contributed by atoms with Crippen molar-refractivity contribution < 1.29 is 17.3 Å². The minimum absolute atomic E-state index is 0.120. The Balaban J connectivity index is 1.80. The van der Waals surface area contributed by atoms with Gasteiger partial charge in [0.15, 0.2) is 0 Å². The van der Waals surface area contributed by atoms with Crippen LogP contribution in [0.4, 0.5) is 5.69 Å². The smallest absolute Gasteiger partial charge is 0.339 e. The third kappa shape index (κ3) is 5.05. The zero-order chi connectivity index (χ0) is 20.1. The second-order valence-corrected chi connectivity index (χ2v) is 8.65. The highest BCUT2D eigenvalue weighted by molar-refractivity contribution is 9.10. The lowest BCUT2D eigenvalue weighted by Crippen LogP contribution is -2.12. The number of ether oxygens (including phenoxy) is 1. The predicted octanol–water partition coefficient (Wildman–Crippen LogP) is 5.15. The van der Waals surface area contributed by atoms with E-state index in [0.29, 0.717) is 12.1 Å². The van der Waals surface area contributed by atoms with Gasteiger partial charge >= 0.3 is 10.1 Å². The van der Waals surface area contributed by atoms with Crippen molar-refractivity contribution in [2.24, 2.45) is 0 Å². The van der Waals surface area contributed by atoms with Crippen LogP contribution in [-0.4, -0.2) is 15.5 Å². The Hall–Kier alpha value is -2.51.